The molecule has 7 heteroatoms. The van der Waals surface area contributed by atoms with E-state index in [0.717, 1.165) is 22.6 Å². The summed E-state index contributed by atoms with van der Waals surface area (Å²) in [6, 6.07) is 5.69. The lowest BCUT2D eigenvalue weighted by atomic mass is 10.2. The SMILES string of the molecule is CC(=O)NCCN1Cc2nc(NCc3cncc(C)c3)ccc2C1=O. The van der Waals surface area contributed by atoms with Crippen molar-refractivity contribution in [1.82, 2.24) is 20.2 Å². The van der Waals surface area contributed by atoms with E-state index >= 15 is 0 Å². The van der Waals surface area contributed by atoms with Crippen LogP contribution < -0.4 is 10.6 Å². The summed E-state index contributed by atoms with van der Waals surface area (Å²) in [5.74, 6) is 0.596. The normalized spacial score (nSPS) is 12.9. The van der Waals surface area contributed by atoms with E-state index in [1.54, 1.807) is 11.0 Å². The zero-order valence-corrected chi connectivity index (χ0v) is 14.4. The highest BCUT2D eigenvalue weighted by atomic mass is 16.2. The molecule has 0 atom stereocenters. The lowest BCUT2D eigenvalue weighted by Crippen LogP contribution is -2.34. The van der Waals surface area contributed by atoms with Gasteiger partial charge in [0.25, 0.3) is 5.91 Å². The summed E-state index contributed by atoms with van der Waals surface area (Å²) in [5.41, 5.74) is 3.59. The fourth-order valence-corrected chi connectivity index (χ4v) is 2.79. The quantitative estimate of drug-likeness (QED) is 0.832. The highest BCUT2D eigenvalue weighted by Crippen LogP contribution is 2.22. The van der Waals surface area contributed by atoms with Gasteiger partial charge in [-0.15, -0.1) is 0 Å². The van der Waals surface area contributed by atoms with Crippen molar-refractivity contribution in [3.05, 3.63) is 53.0 Å². The molecular weight excluding hydrogens is 318 g/mol. The van der Waals surface area contributed by atoms with Crippen LogP contribution in [0.15, 0.2) is 30.6 Å². The van der Waals surface area contributed by atoms with Crippen LogP contribution >= 0.6 is 0 Å². The summed E-state index contributed by atoms with van der Waals surface area (Å²) in [6.07, 6.45) is 3.64. The predicted molar refractivity (Wildman–Crippen MR) is 94.0 cm³/mol. The number of hydrogen-bond donors (Lipinski definition) is 2. The van der Waals surface area contributed by atoms with Crippen LogP contribution in [0.3, 0.4) is 0 Å². The third-order valence-electron chi connectivity index (χ3n) is 3.99. The van der Waals surface area contributed by atoms with Crippen LogP contribution in [0.2, 0.25) is 0 Å². The number of rotatable bonds is 6. The largest absolute Gasteiger partial charge is 0.366 e. The first-order valence-corrected chi connectivity index (χ1v) is 8.21. The Morgan fingerprint density at radius 1 is 1.32 bits per heavy atom. The molecule has 2 aromatic rings. The Bertz CT molecular complexity index is 806. The van der Waals surface area contributed by atoms with Crippen molar-refractivity contribution in [2.45, 2.75) is 26.9 Å². The lowest BCUT2D eigenvalue weighted by Gasteiger charge is -2.14. The molecule has 0 bridgehead atoms. The van der Waals surface area contributed by atoms with Gasteiger partial charge in [-0.3, -0.25) is 14.6 Å². The van der Waals surface area contributed by atoms with Crippen LogP contribution in [-0.4, -0.2) is 39.8 Å². The summed E-state index contributed by atoms with van der Waals surface area (Å²) in [7, 11) is 0. The topological polar surface area (TPSA) is 87.2 Å². The van der Waals surface area contributed by atoms with Crippen molar-refractivity contribution < 1.29 is 9.59 Å². The molecule has 3 rings (SSSR count). The van der Waals surface area contributed by atoms with Crippen molar-refractivity contribution in [2.75, 3.05) is 18.4 Å². The number of nitrogens with one attached hydrogen (secondary N) is 2. The first-order valence-electron chi connectivity index (χ1n) is 8.21. The summed E-state index contributed by atoms with van der Waals surface area (Å²) in [6.45, 7) is 5.48. The molecule has 130 valence electrons. The second-order valence-electron chi connectivity index (χ2n) is 6.12. The first-order chi connectivity index (χ1) is 12.0. The molecule has 0 saturated heterocycles. The maximum Gasteiger partial charge on any atom is 0.256 e. The van der Waals surface area contributed by atoms with Crippen LogP contribution in [0.5, 0.6) is 0 Å². The minimum atomic E-state index is -0.0978. The average molecular weight is 339 g/mol. The van der Waals surface area contributed by atoms with E-state index in [-0.39, 0.29) is 11.8 Å². The van der Waals surface area contributed by atoms with Gasteiger partial charge in [0.15, 0.2) is 0 Å². The minimum Gasteiger partial charge on any atom is -0.366 e. The molecule has 0 spiro atoms. The number of hydrogen-bond acceptors (Lipinski definition) is 5. The zero-order valence-electron chi connectivity index (χ0n) is 14.4. The predicted octanol–water partition coefficient (Wildman–Crippen LogP) is 1.49. The van der Waals surface area contributed by atoms with Crippen LogP contribution in [0.4, 0.5) is 5.82 Å². The van der Waals surface area contributed by atoms with Gasteiger partial charge < -0.3 is 15.5 Å². The molecular formula is C18H21N5O2. The van der Waals surface area contributed by atoms with Gasteiger partial charge >= 0.3 is 0 Å². The van der Waals surface area contributed by atoms with E-state index in [9.17, 15) is 9.59 Å². The third kappa shape index (κ3) is 4.12. The maximum atomic E-state index is 12.3. The molecule has 7 nitrogen and oxygen atoms in total. The van der Waals surface area contributed by atoms with Gasteiger partial charge in [0.1, 0.15) is 5.82 Å². The maximum absolute atomic E-state index is 12.3. The first kappa shape index (κ1) is 16.9. The Balaban J connectivity index is 1.62. The van der Waals surface area contributed by atoms with E-state index in [4.69, 9.17) is 0 Å². The van der Waals surface area contributed by atoms with Gasteiger partial charge in [0.2, 0.25) is 5.91 Å². The van der Waals surface area contributed by atoms with Gasteiger partial charge in [0.05, 0.1) is 17.8 Å². The molecule has 0 unspecified atom stereocenters. The number of carbonyl (C=O) groups is 2. The Hall–Kier alpha value is -2.96. The number of fused-ring (bicyclic) bond motifs is 1. The highest BCUT2D eigenvalue weighted by molar-refractivity contribution is 5.98. The van der Waals surface area contributed by atoms with Crippen molar-refractivity contribution in [3.63, 3.8) is 0 Å². The van der Waals surface area contributed by atoms with Crippen LogP contribution in [0, 0.1) is 6.92 Å². The van der Waals surface area contributed by atoms with Gasteiger partial charge in [-0.1, -0.05) is 6.07 Å². The molecule has 0 radical (unpaired) electrons. The second kappa shape index (κ2) is 7.29. The molecule has 0 aliphatic carbocycles. The molecule has 3 heterocycles. The number of pyridine rings is 2. The van der Waals surface area contributed by atoms with Gasteiger partial charge in [0, 0.05) is 39.0 Å². The lowest BCUT2D eigenvalue weighted by molar-refractivity contribution is -0.119. The number of amides is 2. The van der Waals surface area contributed by atoms with Gasteiger partial charge in [-0.05, 0) is 30.2 Å². The Morgan fingerprint density at radius 2 is 2.16 bits per heavy atom. The summed E-state index contributed by atoms with van der Waals surface area (Å²) in [5, 5.41) is 5.97. The fraction of sp³-hybridized carbons (Fsp3) is 0.333. The number of carbonyl (C=O) groups excluding carboxylic acids is 2. The standard InChI is InChI=1S/C18H21N5O2/c1-12-7-14(9-19-8-12)10-21-17-4-3-15-16(22-17)11-23(18(15)25)6-5-20-13(2)24/h3-4,7-9H,5-6,10-11H2,1-2H3,(H,20,24)(H,21,22). The molecule has 25 heavy (non-hydrogen) atoms. The van der Waals surface area contributed by atoms with E-state index in [2.05, 4.69) is 26.7 Å². The number of aryl methyl sites for hydroxylation is 1. The van der Waals surface area contributed by atoms with E-state index in [1.807, 2.05) is 25.4 Å². The summed E-state index contributed by atoms with van der Waals surface area (Å²) < 4.78 is 0. The van der Waals surface area contributed by atoms with Crippen LogP contribution in [0.1, 0.15) is 34.1 Å². The fourth-order valence-electron chi connectivity index (χ4n) is 2.79. The number of aromatic nitrogens is 2. The Morgan fingerprint density at radius 3 is 2.92 bits per heavy atom. The third-order valence-corrected chi connectivity index (χ3v) is 3.99. The van der Waals surface area contributed by atoms with Crippen molar-refractivity contribution >= 4 is 17.6 Å². The molecule has 2 amide bonds. The van der Waals surface area contributed by atoms with E-state index in [1.165, 1.54) is 6.92 Å². The van der Waals surface area contributed by atoms with Crippen LogP contribution in [-0.2, 0) is 17.9 Å². The molecule has 2 aromatic heterocycles. The molecule has 2 N–H and O–H groups in total. The molecule has 0 saturated carbocycles. The minimum absolute atomic E-state index is 0.0395. The van der Waals surface area contributed by atoms with Crippen molar-refractivity contribution in [3.8, 4) is 0 Å². The second-order valence-corrected chi connectivity index (χ2v) is 6.12. The van der Waals surface area contributed by atoms with Crippen molar-refractivity contribution in [1.29, 1.82) is 0 Å². The van der Waals surface area contributed by atoms with Gasteiger partial charge in [-0.25, -0.2) is 4.98 Å². The summed E-state index contributed by atoms with van der Waals surface area (Å²) in [4.78, 5) is 33.7. The van der Waals surface area contributed by atoms with Crippen LogP contribution in [0.25, 0.3) is 0 Å². The van der Waals surface area contributed by atoms with Gasteiger partial charge in [-0.2, -0.15) is 0 Å². The monoisotopic (exact) mass is 339 g/mol. The number of anilines is 1. The zero-order chi connectivity index (χ0) is 17.8. The van der Waals surface area contributed by atoms with E-state index in [0.29, 0.717) is 31.7 Å². The highest BCUT2D eigenvalue weighted by Gasteiger charge is 2.28. The molecule has 1 aliphatic rings. The molecule has 0 fully saturated rings. The summed E-state index contributed by atoms with van der Waals surface area (Å²) >= 11 is 0. The Kier molecular flexibility index (Phi) is 4.92. The molecule has 1 aliphatic heterocycles. The Labute approximate surface area is 146 Å². The van der Waals surface area contributed by atoms with Crippen molar-refractivity contribution in [2.24, 2.45) is 0 Å². The molecule has 0 aromatic carbocycles. The number of nitrogens with zero attached hydrogens (tertiary/aromatic N) is 3. The smallest absolute Gasteiger partial charge is 0.256 e. The van der Waals surface area contributed by atoms with E-state index < -0.39 is 0 Å². The average Bonchev–Trinajstić information content (AvgIpc) is 2.88.